The van der Waals surface area contributed by atoms with E-state index in [0.29, 0.717) is 5.75 Å². The van der Waals surface area contributed by atoms with E-state index in [1.807, 2.05) is 30.3 Å². The van der Waals surface area contributed by atoms with Crippen LogP contribution in [0.2, 0.25) is 0 Å². The maximum atomic E-state index is 12.9. The van der Waals surface area contributed by atoms with E-state index in [2.05, 4.69) is 9.97 Å². The highest BCUT2D eigenvalue weighted by Gasteiger charge is 2.37. The van der Waals surface area contributed by atoms with E-state index >= 15 is 0 Å². The molecule has 0 fully saturated rings. The van der Waals surface area contributed by atoms with Crippen LogP contribution in [0, 0.1) is 11.3 Å². The summed E-state index contributed by atoms with van der Waals surface area (Å²) >= 11 is 1.03. The van der Waals surface area contributed by atoms with Crippen LogP contribution in [0.5, 0.6) is 0 Å². The molecule has 0 unspecified atom stereocenters. The smallest absolute Gasteiger partial charge is 0.382 e. The fourth-order valence-electron chi connectivity index (χ4n) is 1.56. The number of nitrogen functional groups attached to an aromatic ring is 1. The number of halogens is 3. The molecule has 0 bridgehead atoms. The van der Waals surface area contributed by atoms with Crippen molar-refractivity contribution >= 4 is 17.6 Å². The average Bonchev–Trinajstić information content (AvgIpc) is 2.44. The van der Waals surface area contributed by atoms with Crippen LogP contribution in [-0.2, 0) is 11.9 Å². The quantitative estimate of drug-likeness (QED) is 0.695. The van der Waals surface area contributed by atoms with Gasteiger partial charge in [-0.2, -0.15) is 18.4 Å². The van der Waals surface area contributed by atoms with E-state index in [9.17, 15) is 13.2 Å². The maximum Gasteiger partial charge on any atom is 0.434 e. The first-order valence-corrected chi connectivity index (χ1v) is 6.72. The van der Waals surface area contributed by atoms with Gasteiger partial charge in [0.25, 0.3) is 0 Å². The van der Waals surface area contributed by atoms with E-state index in [1.165, 1.54) is 6.07 Å². The maximum absolute atomic E-state index is 12.9. The molecular formula is C13H9F3N4S. The fraction of sp³-hybridized carbons (Fsp3) is 0.154. The summed E-state index contributed by atoms with van der Waals surface area (Å²) in [5.74, 6) is -0.0564. The molecule has 0 atom stereocenters. The minimum atomic E-state index is -4.75. The predicted octanol–water partition coefficient (Wildman–Crippen LogP) is 3.24. The molecular weight excluding hydrogens is 301 g/mol. The lowest BCUT2D eigenvalue weighted by molar-refractivity contribution is -0.141. The number of nitriles is 1. The van der Waals surface area contributed by atoms with Crippen LogP contribution in [0.4, 0.5) is 19.0 Å². The van der Waals surface area contributed by atoms with Crippen LogP contribution in [0.25, 0.3) is 0 Å². The summed E-state index contributed by atoms with van der Waals surface area (Å²) in [5, 5.41) is 8.64. The number of anilines is 1. The van der Waals surface area contributed by atoms with Gasteiger partial charge in [-0.3, -0.25) is 0 Å². The zero-order valence-corrected chi connectivity index (χ0v) is 11.4. The van der Waals surface area contributed by atoms with Gasteiger partial charge < -0.3 is 5.73 Å². The summed E-state index contributed by atoms with van der Waals surface area (Å²) in [6, 6.07) is 10.6. The number of benzene rings is 1. The number of rotatable bonds is 3. The zero-order valence-electron chi connectivity index (χ0n) is 10.6. The highest BCUT2D eigenvalue weighted by Crippen LogP contribution is 2.33. The van der Waals surface area contributed by atoms with Gasteiger partial charge in [0, 0.05) is 5.75 Å². The molecule has 1 aromatic carbocycles. The number of aromatic nitrogens is 2. The molecule has 108 valence electrons. The topological polar surface area (TPSA) is 75.6 Å². The molecule has 2 rings (SSSR count). The van der Waals surface area contributed by atoms with Crippen molar-refractivity contribution < 1.29 is 13.2 Å². The Morgan fingerprint density at radius 3 is 2.43 bits per heavy atom. The Kier molecular flexibility index (Phi) is 4.33. The van der Waals surface area contributed by atoms with Gasteiger partial charge in [-0.25, -0.2) is 9.97 Å². The molecule has 0 radical (unpaired) electrons. The van der Waals surface area contributed by atoms with Gasteiger partial charge in [0.05, 0.1) is 0 Å². The van der Waals surface area contributed by atoms with E-state index < -0.39 is 23.3 Å². The van der Waals surface area contributed by atoms with Crippen molar-refractivity contribution in [2.24, 2.45) is 0 Å². The minimum absolute atomic E-state index is 0.109. The molecule has 0 spiro atoms. The largest absolute Gasteiger partial charge is 0.434 e. The predicted molar refractivity (Wildman–Crippen MR) is 72.2 cm³/mol. The van der Waals surface area contributed by atoms with Gasteiger partial charge in [-0.05, 0) is 5.56 Å². The summed E-state index contributed by atoms with van der Waals surface area (Å²) in [7, 11) is 0. The number of hydrogen-bond acceptors (Lipinski definition) is 5. The normalized spacial score (nSPS) is 11.1. The Morgan fingerprint density at radius 2 is 1.86 bits per heavy atom. The lowest BCUT2D eigenvalue weighted by Crippen LogP contribution is -2.14. The number of thioether (sulfide) groups is 1. The van der Waals surface area contributed by atoms with Crippen molar-refractivity contribution in [1.29, 1.82) is 5.26 Å². The Labute approximate surface area is 122 Å². The SMILES string of the molecule is N#Cc1c(N)nc(SCc2ccccc2)nc1C(F)(F)F. The second kappa shape index (κ2) is 6.01. The van der Waals surface area contributed by atoms with Crippen molar-refractivity contribution in [2.75, 3.05) is 5.73 Å². The minimum Gasteiger partial charge on any atom is -0.382 e. The first-order chi connectivity index (χ1) is 9.91. The molecule has 0 saturated heterocycles. The van der Waals surface area contributed by atoms with Crippen molar-refractivity contribution in [3.05, 3.63) is 47.2 Å². The number of alkyl halides is 3. The summed E-state index contributed by atoms with van der Waals surface area (Å²) in [6.07, 6.45) is -4.75. The molecule has 8 heteroatoms. The zero-order chi connectivity index (χ0) is 15.5. The van der Waals surface area contributed by atoms with E-state index in [0.717, 1.165) is 17.3 Å². The van der Waals surface area contributed by atoms with Crippen LogP contribution in [0.1, 0.15) is 16.8 Å². The molecule has 0 saturated carbocycles. The molecule has 4 nitrogen and oxygen atoms in total. The van der Waals surface area contributed by atoms with Gasteiger partial charge in [-0.15, -0.1) is 0 Å². The molecule has 0 aliphatic carbocycles. The molecule has 2 aromatic rings. The van der Waals surface area contributed by atoms with E-state index in [1.54, 1.807) is 0 Å². The van der Waals surface area contributed by atoms with Gasteiger partial charge in [-0.1, -0.05) is 42.1 Å². The summed E-state index contributed by atoms with van der Waals surface area (Å²) in [4.78, 5) is 7.16. The second-order valence-corrected chi connectivity index (χ2v) is 4.94. The van der Waals surface area contributed by atoms with Crippen LogP contribution in [-0.4, -0.2) is 9.97 Å². The van der Waals surface area contributed by atoms with Crippen LogP contribution >= 0.6 is 11.8 Å². The third-order valence-corrected chi connectivity index (χ3v) is 3.43. The van der Waals surface area contributed by atoms with E-state index in [-0.39, 0.29) is 5.16 Å². The Morgan fingerprint density at radius 1 is 1.19 bits per heavy atom. The average molecular weight is 310 g/mol. The monoisotopic (exact) mass is 310 g/mol. The molecule has 1 aromatic heterocycles. The summed E-state index contributed by atoms with van der Waals surface area (Å²) < 4.78 is 38.6. The van der Waals surface area contributed by atoms with Crippen molar-refractivity contribution in [3.8, 4) is 6.07 Å². The Bertz CT molecular complexity index is 680. The number of hydrogen-bond donors (Lipinski definition) is 1. The third-order valence-electron chi connectivity index (χ3n) is 2.51. The van der Waals surface area contributed by atoms with Gasteiger partial charge in [0.2, 0.25) is 0 Å². The number of nitrogens with two attached hydrogens (primary N) is 1. The van der Waals surface area contributed by atoms with Gasteiger partial charge >= 0.3 is 6.18 Å². The molecule has 0 amide bonds. The molecule has 0 aliphatic heterocycles. The first kappa shape index (κ1) is 15.1. The summed E-state index contributed by atoms with van der Waals surface area (Å²) in [5.41, 5.74) is 4.29. The highest BCUT2D eigenvalue weighted by atomic mass is 32.2. The third kappa shape index (κ3) is 3.64. The van der Waals surface area contributed by atoms with Crippen molar-refractivity contribution in [1.82, 2.24) is 9.97 Å². The van der Waals surface area contributed by atoms with E-state index in [4.69, 9.17) is 11.0 Å². The van der Waals surface area contributed by atoms with Crippen molar-refractivity contribution in [3.63, 3.8) is 0 Å². The first-order valence-electron chi connectivity index (χ1n) is 5.73. The lowest BCUT2D eigenvalue weighted by atomic mass is 10.2. The van der Waals surface area contributed by atoms with Crippen LogP contribution in [0.15, 0.2) is 35.5 Å². The van der Waals surface area contributed by atoms with Crippen molar-refractivity contribution in [2.45, 2.75) is 17.1 Å². The lowest BCUT2D eigenvalue weighted by Gasteiger charge is -2.10. The highest BCUT2D eigenvalue weighted by molar-refractivity contribution is 7.98. The Hall–Kier alpha value is -2.27. The molecule has 0 aliphatic rings. The second-order valence-electron chi connectivity index (χ2n) is 4.00. The molecule has 1 heterocycles. The van der Waals surface area contributed by atoms with Crippen LogP contribution < -0.4 is 5.73 Å². The molecule has 21 heavy (non-hydrogen) atoms. The van der Waals surface area contributed by atoms with Gasteiger partial charge in [0.15, 0.2) is 10.9 Å². The Balaban J connectivity index is 2.30. The number of nitrogens with zero attached hydrogens (tertiary/aromatic N) is 3. The molecule has 2 N–H and O–H groups in total. The standard InChI is InChI=1S/C13H9F3N4S/c14-13(15,16)10-9(6-17)11(18)20-12(19-10)21-7-8-4-2-1-3-5-8/h1-5H,7H2,(H2,18,19,20). The summed E-state index contributed by atoms with van der Waals surface area (Å²) in [6.45, 7) is 0. The van der Waals surface area contributed by atoms with Crippen LogP contribution in [0.3, 0.4) is 0 Å². The van der Waals surface area contributed by atoms with Gasteiger partial charge in [0.1, 0.15) is 17.5 Å². The fourth-order valence-corrected chi connectivity index (χ4v) is 2.37.